The Morgan fingerprint density at radius 3 is 2.00 bits per heavy atom. The molecule has 0 aliphatic heterocycles. The third kappa shape index (κ3) is 13.9. The number of aliphatic carboxylic acids is 2. The molecule has 0 unspecified atom stereocenters. The summed E-state index contributed by atoms with van der Waals surface area (Å²) in [6.45, 7) is 5.16. The first kappa shape index (κ1) is 37.9. The number of carboxylic acids is 2. The van der Waals surface area contributed by atoms with Gasteiger partial charge in [-0.1, -0.05) is 13.8 Å². The topological polar surface area (TPSA) is 292 Å². The lowest BCUT2D eigenvalue weighted by Crippen LogP contribution is -2.60. The number of aromatic amines is 1. The Hall–Kier alpha value is -4.09. The molecule has 0 aliphatic rings. The van der Waals surface area contributed by atoms with Crippen molar-refractivity contribution in [1.29, 1.82) is 0 Å². The molecule has 0 radical (unpaired) electrons. The molecular formula is C27H46N8O9. The molecule has 0 bridgehead atoms. The van der Waals surface area contributed by atoms with Crippen molar-refractivity contribution in [2.45, 2.75) is 102 Å². The van der Waals surface area contributed by atoms with Crippen LogP contribution < -0.4 is 32.7 Å². The summed E-state index contributed by atoms with van der Waals surface area (Å²) in [7, 11) is 0. The van der Waals surface area contributed by atoms with Gasteiger partial charge in [0.1, 0.15) is 24.2 Å². The summed E-state index contributed by atoms with van der Waals surface area (Å²) < 4.78 is 0. The molecule has 6 atom stereocenters. The first-order valence-electron chi connectivity index (χ1n) is 14.4. The van der Waals surface area contributed by atoms with E-state index in [-0.39, 0.29) is 38.0 Å². The minimum Gasteiger partial charge on any atom is -0.481 e. The van der Waals surface area contributed by atoms with Gasteiger partial charge in [0.15, 0.2) is 0 Å². The summed E-state index contributed by atoms with van der Waals surface area (Å²) in [5.41, 5.74) is 11.7. The summed E-state index contributed by atoms with van der Waals surface area (Å²) in [4.78, 5) is 81.5. The Balaban J connectivity index is 3.06. The summed E-state index contributed by atoms with van der Waals surface area (Å²) in [6.07, 6.45) is 1.99. The van der Waals surface area contributed by atoms with E-state index in [0.717, 1.165) is 0 Å². The standard InChI is InChI=1S/C27H46N8O9/c1-14(2)10-19(33-24(40)18(6-4-5-9-28)32-23(39)17(29)7-8-21(37)38)25(41)35-22(15(3)36)26(42)34-20(27(43)44)11-16-12-30-13-31-16/h12-15,17-20,22,36H,4-11,28-29H2,1-3H3,(H,30,31)(H,32,39)(H,33,40)(H,34,42)(H,35,41)(H,37,38)(H,43,44)/t15-,17+,18+,19+,20+,22+/m1/s1. The predicted octanol–water partition coefficient (Wildman–Crippen LogP) is -2.28. The number of aliphatic hydroxyl groups excluding tert-OH is 1. The average Bonchev–Trinajstić information content (AvgIpc) is 3.45. The van der Waals surface area contributed by atoms with Crippen LogP contribution in [0.15, 0.2) is 12.5 Å². The lowest BCUT2D eigenvalue weighted by Gasteiger charge is -2.28. The summed E-state index contributed by atoms with van der Waals surface area (Å²) >= 11 is 0. The van der Waals surface area contributed by atoms with E-state index in [4.69, 9.17) is 16.6 Å². The van der Waals surface area contributed by atoms with E-state index in [0.29, 0.717) is 25.1 Å². The van der Waals surface area contributed by atoms with E-state index < -0.39 is 71.9 Å². The molecule has 0 aliphatic carbocycles. The fourth-order valence-electron chi connectivity index (χ4n) is 4.16. The number of unbranched alkanes of at least 4 members (excludes halogenated alkanes) is 1. The molecule has 1 aromatic heterocycles. The first-order valence-corrected chi connectivity index (χ1v) is 14.4. The molecule has 0 aromatic carbocycles. The Labute approximate surface area is 255 Å². The SMILES string of the molecule is CC(C)C[C@H](NC(=O)[C@H](CCCCN)NC(=O)[C@@H](N)CCC(=O)O)C(=O)N[C@H](C(=O)N[C@@H](Cc1c[nH]cn1)C(=O)O)[C@@H](C)O. The van der Waals surface area contributed by atoms with Gasteiger partial charge in [0.05, 0.1) is 24.2 Å². The maximum absolute atomic E-state index is 13.3. The normalized spacial score (nSPS) is 15.2. The number of aliphatic hydroxyl groups is 1. The lowest BCUT2D eigenvalue weighted by atomic mass is 10.0. The van der Waals surface area contributed by atoms with Crippen LogP contribution in [0.1, 0.15) is 65.0 Å². The van der Waals surface area contributed by atoms with Gasteiger partial charge in [0.25, 0.3) is 0 Å². The predicted molar refractivity (Wildman–Crippen MR) is 157 cm³/mol. The maximum atomic E-state index is 13.3. The number of imidazole rings is 1. The number of H-pyrrole nitrogens is 1. The highest BCUT2D eigenvalue weighted by molar-refractivity contribution is 5.95. The minimum absolute atomic E-state index is 0.115. The monoisotopic (exact) mass is 626 g/mol. The van der Waals surface area contributed by atoms with E-state index in [1.807, 2.05) is 0 Å². The van der Waals surface area contributed by atoms with Crippen LogP contribution >= 0.6 is 0 Å². The second kappa shape index (κ2) is 19.2. The van der Waals surface area contributed by atoms with Gasteiger partial charge in [-0.25, -0.2) is 9.78 Å². The van der Waals surface area contributed by atoms with Crippen LogP contribution in [0.5, 0.6) is 0 Å². The Morgan fingerprint density at radius 2 is 1.48 bits per heavy atom. The molecule has 17 nitrogen and oxygen atoms in total. The zero-order valence-corrected chi connectivity index (χ0v) is 25.2. The van der Waals surface area contributed by atoms with E-state index in [2.05, 4.69) is 31.2 Å². The van der Waals surface area contributed by atoms with Crippen molar-refractivity contribution in [3.8, 4) is 0 Å². The van der Waals surface area contributed by atoms with E-state index in [9.17, 15) is 39.0 Å². The molecule has 0 spiro atoms. The highest BCUT2D eigenvalue weighted by Gasteiger charge is 2.34. The molecule has 1 aromatic rings. The molecule has 0 fully saturated rings. The van der Waals surface area contributed by atoms with Crippen LogP contribution in [0.2, 0.25) is 0 Å². The van der Waals surface area contributed by atoms with Crippen molar-refractivity contribution >= 4 is 35.6 Å². The maximum Gasteiger partial charge on any atom is 0.326 e. The Bertz CT molecular complexity index is 1100. The number of aromatic nitrogens is 2. The average molecular weight is 627 g/mol. The largest absolute Gasteiger partial charge is 0.481 e. The second-order valence-corrected chi connectivity index (χ2v) is 11.0. The Kier molecular flexibility index (Phi) is 16.6. The molecule has 1 heterocycles. The fourth-order valence-corrected chi connectivity index (χ4v) is 4.16. The minimum atomic E-state index is -1.57. The number of hydrogen-bond donors (Lipinski definition) is 10. The van der Waals surface area contributed by atoms with Gasteiger partial charge in [-0.3, -0.25) is 24.0 Å². The number of carboxylic acid groups (broad SMARTS) is 2. The quantitative estimate of drug-likeness (QED) is 0.0646. The molecule has 4 amide bonds. The molecule has 1 rings (SSSR count). The van der Waals surface area contributed by atoms with Crippen molar-refractivity contribution in [3.05, 3.63) is 18.2 Å². The zero-order valence-electron chi connectivity index (χ0n) is 25.2. The van der Waals surface area contributed by atoms with Crippen LogP contribution in [0.3, 0.4) is 0 Å². The number of nitrogens with two attached hydrogens (primary N) is 2. The van der Waals surface area contributed by atoms with Crippen molar-refractivity contribution in [1.82, 2.24) is 31.2 Å². The third-order valence-electron chi connectivity index (χ3n) is 6.57. The van der Waals surface area contributed by atoms with E-state index >= 15 is 0 Å². The summed E-state index contributed by atoms with van der Waals surface area (Å²) in [5.74, 6) is -5.85. The van der Waals surface area contributed by atoms with Crippen LogP contribution in [0.25, 0.3) is 0 Å². The lowest BCUT2D eigenvalue weighted by molar-refractivity contribution is -0.143. The van der Waals surface area contributed by atoms with Crippen molar-refractivity contribution in [2.75, 3.05) is 6.54 Å². The number of carbonyl (C=O) groups is 6. The molecule has 0 saturated carbocycles. The van der Waals surface area contributed by atoms with E-state index in [1.54, 1.807) is 13.8 Å². The van der Waals surface area contributed by atoms with Crippen LogP contribution in [-0.4, -0.2) is 104 Å². The second-order valence-electron chi connectivity index (χ2n) is 11.0. The molecule has 0 saturated heterocycles. The van der Waals surface area contributed by atoms with Crippen molar-refractivity contribution in [2.24, 2.45) is 17.4 Å². The van der Waals surface area contributed by atoms with Gasteiger partial charge in [0.2, 0.25) is 23.6 Å². The molecular weight excluding hydrogens is 580 g/mol. The van der Waals surface area contributed by atoms with Gasteiger partial charge in [-0.05, 0) is 51.5 Å². The number of carbonyl (C=O) groups excluding carboxylic acids is 4. The molecule has 44 heavy (non-hydrogen) atoms. The number of nitrogens with zero attached hydrogens (tertiary/aromatic N) is 1. The number of hydrogen-bond acceptors (Lipinski definition) is 10. The summed E-state index contributed by atoms with van der Waals surface area (Å²) in [5, 5.41) is 38.5. The number of amides is 4. The van der Waals surface area contributed by atoms with Gasteiger partial charge in [-0.2, -0.15) is 0 Å². The van der Waals surface area contributed by atoms with E-state index in [1.165, 1.54) is 19.4 Å². The first-order chi connectivity index (χ1) is 20.7. The smallest absolute Gasteiger partial charge is 0.326 e. The van der Waals surface area contributed by atoms with Crippen LogP contribution in [-0.2, 0) is 35.2 Å². The fraction of sp³-hybridized carbons (Fsp3) is 0.667. The van der Waals surface area contributed by atoms with Crippen LogP contribution in [0.4, 0.5) is 0 Å². The number of nitrogens with one attached hydrogen (secondary N) is 5. The van der Waals surface area contributed by atoms with Crippen molar-refractivity contribution in [3.63, 3.8) is 0 Å². The van der Waals surface area contributed by atoms with Gasteiger partial charge in [0, 0.05) is 19.0 Å². The molecule has 248 valence electrons. The number of rotatable bonds is 21. The zero-order chi connectivity index (χ0) is 33.4. The highest BCUT2D eigenvalue weighted by Crippen LogP contribution is 2.10. The van der Waals surface area contributed by atoms with Crippen molar-refractivity contribution < 1.29 is 44.1 Å². The molecule has 17 heteroatoms. The van der Waals surface area contributed by atoms with Gasteiger partial charge < -0.3 is 53.0 Å². The van der Waals surface area contributed by atoms with Gasteiger partial charge >= 0.3 is 11.9 Å². The third-order valence-corrected chi connectivity index (χ3v) is 6.57. The summed E-state index contributed by atoms with van der Waals surface area (Å²) in [6, 6.07) is -6.48. The van der Waals surface area contributed by atoms with Crippen LogP contribution in [0, 0.1) is 5.92 Å². The highest BCUT2D eigenvalue weighted by atomic mass is 16.4. The van der Waals surface area contributed by atoms with Gasteiger partial charge in [-0.15, -0.1) is 0 Å². The molecule has 12 N–H and O–H groups in total. The Morgan fingerprint density at radius 1 is 0.864 bits per heavy atom.